The van der Waals surface area contributed by atoms with Gasteiger partial charge in [0.05, 0.1) is 6.42 Å². The average Bonchev–Trinajstić information content (AvgIpc) is 2.45. The van der Waals surface area contributed by atoms with Crippen molar-refractivity contribution in [1.82, 2.24) is 15.1 Å². The van der Waals surface area contributed by atoms with Crippen molar-refractivity contribution >= 4 is 17.9 Å². The van der Waals surface area contributed by atoms with Crippen LogP contribution in [0.3, 0.4) is 0 Å². The van der Waals surface area contributed by atoms with E-state index in [4.69, 9.17) is 5.11 Å². The molecule has 7 heteroatoms. The Morgan fingerprint density at radius 2 is 2.00 bits per heavy atom. The molecule has 1 heterocycles. The quantitative estimate of drug-likeness (QED) is 0.789. The van der Waals surface area contributed by atoms with Gasteiger partial charge in [-0.3, -0.25) is 9.59 Å². The minimum absolute atomic E-state index is 0.0948. The molecule has 0 spiro atoms. The first kappa shape index (κ1) is 17.3. The Kier molecular flexibility index (Phi) is 6.45. The highest BCUT2D eigenvalue weighted by atomic mass is 16.4. The van der Waals surface area contributed by atoms with Crippen LogP contribution in [0.1, 0.15) is 39.5 Å². The van der Waals surface area contributed by atoms with Crippen molar-refractivity contribution in [3.63, 3.8) is 0 Å². The number of likely N-dealkylation sites (N-methyl/N-ethyl adjacent to an activating group) is 1. The molecule has 2 N–H and O–H groups in total. The summed E-state index contributed by atoms with van der Waals surface area (Å²) in [4.78, 5) is 38.4. The predicted molar refractivity (Wildman–Crippen MR) is 77.9 cm³/mol. The lowest BCUT2D eigenvalue weighted by Crippen LogP contribution is -2.56. The third kappa shape index (κ3) is 4.61. The summed E-state index contributed by atoms with van der Waals surface area (Å²) in [6.07, 6.45) is 2.33. The van der Waals surface area contributed by atoms with Gasteiger partial charge in [0.1, 0.15) is 6.04 Å². The molecule has 120 valence electrons. The zero-order chi connectivity index (χ0) is 16.0. The molecule has 3 amide bonds. The zero-order valence-electron chi connectivity index (χ0n) is 13.0. The maximum Gasteiger partial charge on any atom is 0.320 e. The van der Waals surface area contributed by atoms with Crippen LogP contribution in [-0.2, 0) is 9.59 Å². The molecular weight excluding hydrogens is 274 g/mol. The van der Waals surface area contributed by atoms with Crippen LogP contribution in [0, 0.1) is 0 Å². The molecule has 7 nitrogen and oxygen atoms in total. The maximum atomic E-state index is 12.7. The molecule has 1 rings (SSSR count). The largest absolute Gasteiger partial charge is 0.481 e. The molecule has 0 aliphatic carbocycles. The number of likely N-dealkylation sites (tertiary alicyclic amines) is 1. The minimum atomic E-state index is -0.935. The fourth-order valence-corrected chi connectivity index (χ4v) is 2.56. The normalized spacial score (nSPS) is 18.5. The number of piperidine rings is 1. The van der Waals surface area contributed by atoms with Crippen molar-refractivity contribution in [2.45, 2.75) is 51.6 Å². The van der Waals surface area contributed by atoms with Gasteiger partial charge in [-0.2, -0.15) is 0 Å². The predicted octanol–water partition coefficient (Wildman–Crippen LogP) is 0.892. The third-order valence-electron chi connectivity index (χ3n) is 3.73. The van der Waals surface area contributed by atoms with Crippen LogP contribution in [0.5, 0.6) is 0 Å². The number of hydrogen-bond donors (Lipinski definition) is 2. The fourth-order valence-electron chi connectivity index (χ4n) is 2.56. The van der Waals surface area contributed by atoms with E-state index in [2.05, 4.69) is 5.32 Å². The first-order chi connectivity index (χ1) is 9.88. The molecule has 0 aromatic rings. The van der Waals surface area contributed by atoms with Gasteiger partial charge in [0.15, 0.2) is 0 Å². The Bertz CT molecular complexity index is 398. The zero-order valence-corrected chi connectivity index (χ0v) is 13.0. The summed E-state index contributed by atoms with van der Waals surface area (Å²) in [7, 11) is 1.56. The SMILES string of the molecule is CNC(=O)C1CCCCN1C(=O)N(CCC(=O)O)C(C)C. The van der Waals surface area contributed by atoms with Gasteiger partial charge in [-0.05, 0) is 33.1 Å². The van der Waals surface area contributed by atoms with E-state index in [0.717, 1.165) is 12.8 Å². The number of hydrogen-bond acceptors (Lipinski definition) is 3. The highest BCUT2D eigenvalue weighted by Gasteiger charge is 2.34. The van der Waals surface area contributed by atoms with Crippen LogP contribution in [0.4, 0.5) is 4.79 Å². The molecule has 1 fully saturated rings. The van der Waals surface area contributed by atoms with Gasteiger partial charge in [0, 0.05) is 26.2 Å². The number of carboxylic acids is 1. The topological polar surface area (TPSA) is 90.0 Å². The number of amides is 3. The lowest BCUT2D eigenvalue weighted by Gasteiger charge is -2.39. The minimum Gasteiger partial charge on any atom is -0.481 e. The second kappa shape index (κ2) is 7.85. The van der Waals surface area contributed by atoms with E-state index >= 15 is 0 Å². The van der Waals surface area contributed by atoms with E-state index in [0.29, 0.717) is 13.0 Å². The van der Waals surface area contributed by atoms with Gasteiger partial charge in [-0.15, -0.1) is 0 Å². The van der Waals surface area contributed by atoms with Crippen LogP contribution in [0.15, 0.2) is 0 Å². The monoisotopic (exact) mass is 299 g/mol. The van der Waals surface area contributed by atoms with E-state index in [1.807, 2.05) is 13.8 Å². The Balaban J connectivity index is 2.83. The lowest BCUT2D eigenvalue weighted by molar-refractivity contribution is -0.137. The Morgan fingerprint density at radius 3 is 2.52 bits per heavy atom. The van der Waals surface area contributed by atoms with Crippen molar-refractivity contribution in [2.75, 3.05) is 20.1 Å². The summed E-state index contributed by atoms with van der Waals surface area (Å²) in [6, 6.07) is -0.814. The number of aliphatic carboxylic acids is 1. The number of nitrogens with zero attached hydrogens (tertiary/aromatic N) is 2. The van der Waals surface area contributed by atoms with E-state index in [1.54, 1.807) is 11.9 Å². The molecule has 21 heavy (non-hydrogen) atoms. The van der Waals surface area contributed by atoms with Crippen molar-refractivity contribution in [1.29, 1.82) is 0 Å². The molecule has 0 saturated carbocycles. The van der Waals surface area contributed by atoms with Crippen molar-refractivity contribution < 1.29 is 19.5 Å². The van der Waals surface area contributed by atoms with Crippen LogP contribution >= 0.6 is 0 Å². The number of carbonyl (C=O) groups excluding carboxylic acids is 2. The van der Waals surface area contributed by atoms with Crippen molar-refractivity contribution in [3.05, 3.63) is 0 Å². The average molecular weight is 299 g/mol. The molecule has 1 aliphatic rings. The Morgan fingerprint density at radius 1 is 1.33 bits per heavy atom. The fraction of sp³-hybridized carbons (Fsp3) is 0.786. The molecule has 1 atom stereocenters. The van der Waals surface area contributed by atoms with Gasteiger partial charge >= 0.3 is 12.0 Å². The Hall–Kier alpha value is -1.79. The summed E-state index contributed by atoms with van der Waals surface area (Å²) in [5, 5.41) is 11.4. The van der Waals surface area contributed by atoms with Crippen LogP contribution < -0.4 is 5.32 Å². The molecule has 0 aromatic heterocycles. The van der Waals surface area contributed by atoms with E-state index in [9.17, 15) is 14.4 Å². The maximum absolute atomic E-state index is 12.7. The number of carboxylic acid groups (broad SMARTS) is 1. The van der Waals surface area contributed by atoms with Crippen molar-refractivity contribution in [2.24, 2.45) is 0 Å². The summed E-state index contributed by atoms with van der Waals surface area (Å²) < 4.78 is 0. The first-order valence-corrected chi connectivity index (χ1v) is 7.39. The van der Waals surface area contributed by atoms with Gasteiger partial charge in [0.2, 0.25) is 5.91 Å². The van der Waals surface area contributed by atoms with Gasteiger partial charge in [-0.1, -0.05) is 0 Å². The van der Waals surface area contributed by atoms with Crippen molar-refractivity contribution in [3.8, 4) is 0 Å². The summed E-state index contributed by atoms with van der Waals surface area (Å²) >= 11 is 0. The third-order valence-corrected chi connectivity index (χ3v) is 3.73. The van der Waals surface area contributed by atoms with Gasteiger partial charge in [0.25, 0.3) is 0 Å². The van der Waals surface area contributed by atoms with Crippen LogP contribution in [0.25, 0.3) is 0 Å². The highest BCUT2D eigenvalue weighted by Crippen LogP contribution is 2.20. The standard InChI is InChI=1S/C14H25N3O4/c1-10(2)16(9-7-12(18)19)14(21)17-8-5-4-6-11(17)13(20)15-3/h10-11H,4-9H2,1-3H3,(H,15,20)(H,18,19). The highest BCUT2D eigenvalue weighted by molar-refractivity contribution is 5.87. The number of urea groups is 1. The number of nitrogens with one attached hydrogen (secondary N) is 1. The molecule has 1 unspecified atom stereocenters. The first-order valence-electron chi connectivity index (χ1n) is 7.39. The van der Waals surface area contributed by atoms with E-state index in [1.165, 1.54) is 4.90 Å². The van der Waals surface area contributed by atoms with E-state index < -0.39 is 12.0 Å². The summed E-state index contributed by atoms with van der Waals surface area (Å²) in [5.74, 6) is -1.10. The summed E-state index contributed by atoms with van der Waals surface area (Å²) in [6.45, 7) is 4.38. The van der Waals surface area contributed by atoms with Gasteiger partial charge in [-0.25, -0.2) is 4.79 Å². The van der Waals surface area contributed by atoms with Crippen LogP contribution in [0.2, 0.25) is 0 Å². The molecule has 1 aliphatic heterocycles. The number of rotatable bonds is 5. The van der Waals surface area contributed by atoms with Gasteiger partial charge < -0.3 is 20.2 Å². The molecule has 0 bridgehead atoms. The van der Waals surface area contributed by atoms with E-state index in [-0.39, 0.29) is 30.9 Å². The smallest absolute Gasteiger partial charge is 0.320 e. The van der Waals surface area contributed by atoms with Crippen LogP contribution in [-0.4, -0.2) is 65.0 Å². The second-order valence-corrected chi connectivity index (χ2v) is 5.53. The molecule has 0 radical (unpaired) electrons. The second-order valence-electron chi connectivity index (χ2n) is 5.53. The molecule has 1 saturated heterocycles. The Labute approximate surface area is 125 Å². The lowest BCUT2D eigenvalue weighted by atomic mass is 10.0. The molecule has 0 aromatic carbocycles. The number of carbonyl (C=O) groups is 3. The molecular formula is C14H25N3O4. The summed E-state index contributed by atoms with van der Waals surface area (Å²) in [5.41, 5.74) is 0.